The number of carbonyl (C=O) groups excluding carboxylic acids is 2. The molecule has 128 valence electrons. The fourth-order valence-corrected chi connectivity index (χ4v) is 2.13. The van der Waals surface area contributed by atoms with Crippen molar-refractivity contribution in [3.05, 3.63) is 0 Å². The highest BCUT2D eigenvalue weighted by Crippen LogP contribution is 2.12. The minimum Gasteiger partial charge on any atom is -0.480 e. The van der Waals surface area contributed by atoms with Gasteiger partial charge in [-0.2, -0.15) is 0 Å². The number of carboxylic acids is 1. The van der Waals surface area contributed by atoms with E-state index in [9.17, 15) is 14.4 Å². The molecule has 0 heterocycles. The summed E-state index contributed by atoms with van der Waals surface area (Å²) in [6.45, 7) is 5.10. The second-order valence-corrected chi connectivity index (χ2v) is 5.78. The van der Waals surface area contributed by atoms with Gasteiger partial charge in [-0.1, -0.05) is 46.0 Å². The van der Waals surface area contributed by atoms with Crippen LogP contribution in [0.4, 0.5) is 0 Å². The lowest BCUT2D eigenvalue weighted by Gasteiger charge is -2.11. The summed E-state index contributed by atoms with van der Waals surface area (Å²) in [5.74, 6) is -0.498. The lowest BCUT2D eigenvalue weighted by molar-refractivity contribution is -0.140. The van der Waals surface area contributed by atoms with Crippen LogP contribution in [-0.2, 0) is 14.4 Å². The summed E-state index contributed by atoms with van der Waals surface area (Å²) in [5, 5.41) is 13.8. The van der Waals surface area contributed by atoms with Gasteiger partial charge in [0.15, 0.2) is 0 Å². The molecule has 0 bridgehead atoms. The molecule has 22 heavy (non-hydrogen) atoms. The van der Waals surface area contributed by atoms with Crippen LogP contribution in [0.15, 0.2) is 0 Å². The number of aliphatic carboxylic acids is 1. The molecule has 0 aliphatic heterocycles. The predicted molar refractivity (Wildman–Crippen MR) is 85.4 cm³/mol. The van der Waals surface area contributed by atoms with Crippen LogP contribution < -0.4 is 10.6 Å². The van der Waals surface area contributed by atoms with Crippen LogP contribution in [-0.4, -0.2) is 36.0 Å². The topological polar surface area (TPSA) is 95.5 Å². The Morgan fingerprint density at radius 1 is 1.14 bits per heavy atom. The van der Waals surface area contributed by atoms with Crippen LogP contribution in [0.1, 0.15) is 65.2 Å². The molecule has 2 atom stereocenters. The van der Waals surface area contributed by atoms with Crippen molar-refractivity contribution < 1.29 is 19.5 Å². The van der Waals surface area contributed by atoms with Crippen molar-refractivity contribution in [2.24, 2.45) is 5.92 Å². The van der Waals surface area contributed by atoms with E-state index in [1.54, 1.807) is 0 Å². The standard InChI is InChI=1S/C16H30N2O4/c1-3-13(2)8-6-4-5-7-11-17-15(20)10-9-14(16(21)22)18-12-19/h12-14H,3-11H2,1-2H3,(H,17,20)(H,18,19)(H,21,22). The van der Waals surface area contributed by atoms with Gasteiger partial charge in [-0.25, -0.2) is 4.79 Å². The molecule has 0 saturated carbocycles. The zero-order valence-electron chi connectivity index (χ0n) is 13.8. The van der Waals surface area contributed by atoms with Gasteiger partial charge in [0.2, 0.25) is 12.3 Å². The third kappa shape index (κ3) is 11.1. The Kier molecular flexibility index (Phi) is 12.2. The molecule has 3 N–H and O–H groups in total. The summed E-state index contributed by atoms with van der Waals surface area (Å²) in [5.41, 5.74) is 0. The number of carbonyl (C=O) groups is 3. The van der Waals surface area contributed by atoms with E-state index in [0.717, 1.165) is 18.8 Å². The number of rotatable bonds is 14. The first kappa shape index (κ1) is 20.4. The van der Waals surface area contributed by atoms with Gasteiger partial charge in [-0.05, 0) is 18.8 Å². The maximum absolute atomic E-state index is 11.6. The highest BCUT2D eigenvalue weighted by atomic mass is 16.4. The Morgan fingerprint density at radius 3 is 2.41 bits per heavy atom. The molecule has 0 aliphatic carbocycles. The van der Waals surface area contributed by atoms with Gasteiger partial charge < -0.3 is 15.7 Å². The lowest BCUT2D eigenvalue weighted by atomic mass is 10.0. The molecule has 0 aromatic carbocycles. The third-order valence-electron chi connectivity index (χ3n) is 3.87. The van der Waals surface area contributed by atoms with Crippen LogP contribution in [0.5, 0.6) is 0 Å². The number of nitrogens with one attached hydrogen (secondary N) is 2. The molecule has 2 unspecified atom stereocenters. The van der Waals surface area contributed by atoms with Crippen LogP contribution in [0.25, 0.3) is 0 Å². The number of amides is 2. The Bertz CT molecular complexity index is 334. The summed E-state index contributed by atoms with van der Waals surface area (Å²) >= 11 is 0. The van der Waals surface area contributed by atoms with Gasteiger partial charge >= 0.3 is 5.97 Å². The molecule has 0 aromatic heterocycles. The molecular weight excluding hydrogens is 284 g/mol. The summed E-state index contributed by atoms with van der Waals surface area (Å²) in [4.78, 5) is 32.6. The molecule has 0 rings (SSSR count). The summed E-state index contributed by atoms with van der Waals surface area (Å²) in [6, 6.07) is -0.996. The van der Waals surface area contributed by atoms with Crippen molar-refractivity contribution in [2.75, 3.05) is 6.54 Å². The maximum Gasteiger partial charge on any atom is 0.326 e. The monoisotopic (exact) mass is 314 g/mol. The molecule has 0 saturated heterocycles. The third-order valence-corrected chi connectivity index (χ3v) is 3.87. The van der Waals surface area contributed by atoms with Crippen molar-refractivity contribution in [1.29, 1.82) is 0 Å². The number of hydrogen-bond acceptors (Lipinski definition) is 3. The van der Waals surface area contributed by atoms with Gasteiger partial charge in [0.1, 0.15) is 6.04 Å². The van der Waals surface area contributed by atoms with Gasteiger partial charge in [0, 0.05) is 13.0 Å². The lowest BCUT2D eigenvalue weighted by Crippen LogP contribution is -2.37. The molecule has 0 radical (unpaired) electrons. The molecule has 6 heteroatoms. The van der Waals surface area contributed by atoms with E-state index in [1.807, 2.05) is 0 Å². The molecule has 6 nitrogen and oxygen atoms in total. The fraction of sp³-hybridized carbons (Fsp3) is 0.812. The molecular formula is C16H30N2O4. The minimum absolute atomic E-state index is 0.103. The first-order chi connectivity index (χ1) is 10.5. The van der Waals surface area contributed by atoms with Gasteiger partial charge in [-0.3, -0.25) is 9.59 Å². The van der Waals surface area contributed by atoms with Crippen LogP contribution in [0.3, 0.4) is 0 Å². The Labute approximate surface area is 133 Å². The van der Waals surface area contributed by atoms with Gasteiger partial charge in [-0.15, -0.1) is 0 Å². The Morgan fingerprint density at radius 2 is 1.82 bits per heavy atom. The average molecular weight is 314 g/mol. The molecule has 0 spiro atoms. The van der Waals surface area contributed by atoms with Crippen molar-refractivity contribution in [2.45, 2.75) is 71.3 Å². The zero-order valence-corrected chi connectivity index (χ0v) is 13.8. The van der Waals surface area contributed by atoms with E-state index in [2.05, 4.69) is 24.5 Å². The highest BCUT2D eigenvalue weighted by molar-refractivity contribution is 5.79. The number of carboxylic acid groups (broad SMARTS) is 1. The van der Waals surface area contributed by atoms with Crippen molar-refractivity contribution in [1.82, 2.24) is 10.6 Å². The van der Waals surface area contributed by atoms with E-state index in [4.69, 9.17) is 5.11 Å². The van der Waals surface area contributed by atoms with Crippen molar-refractivity contribution >= 4 is 18.3 Å². The molecule has 0 aliphatic rings. The Hall–Kier alpha value is -1.59. The van der Waals surface area contributed by atoms with Crippen molar-refractivity contribution in [3.63, 3.8) is 0 Å². The molecule has 0 aromatic rings. The van der Waals surface area contributed by atoms with Gasteiger partial charge in [0.25, 0.3) is 0 Å². The average Bonchev–Trinajstić information content (AvgIpc) is 2.49. The quantitative estimate of drug-likeness (QED) is 0.338. The summed E-state index contributed by atoms with van der Waals surface area (Å²) < 4.78 is 0. The van der Waals surface area contributed by atoms with E-state index >= 15 is 0 Å². The summed E-state index contributed by atoms with van der Waals surface area (Å²) in [7, 11) is 0. The fourth-order valence-electron chi connectivity index (χ4n) is 2.13. The van der Waals surface area contributed by atoms with Crippen molar-refractivity contribution in [3.8, 4) is 0 Å². The number of hydrogen-bond donors (Lipinski definition) is 3. The maximum atomic E-state index is 11.6. The highest BCUT2D eigenvalue weighted by Gasteiger charge is 2.17. The zero-order chi connectivity index (χ0) is 16.8. The smallest absolute Gasteiger partial charge is 0.326 e. The van der Waals surface area contributed by atoms with E-state index in [0.29, 0.717) is 13.0 Å². The second kappa shape index (κ2) is 13.1. The van der Waals surface area contributed by atoms with Crippen LogP contribution in [0.2, 0.25) is 0 Å². The largest absolute Gasteiger partial charge is 0.480 e. The molecule has 0 fully saturated rings. The first-order valence-electron chi connectivity index (χ1n) is 8.20. The number of unbranched alkanes of at least 4 members (excludes halogenated alkanes) is 3. The predicted octanol–water partition coefficient (Wildman–Crippen LogP) is 2.08. The Balaban J connectivity index is 3.57. The summed E-state index contributed by atoms with van der Waals surface area (Å²) in [6.07, 6.45) is 7.51. The minimum atomic E-state index is -1.12. The van der Waals surface area contributed by atoms with E-state index < -0.39 is 12.0 Å². The first-order valence-corrected chi connectivity index (χ1v) is 8.20. The van der Waals surface area contributed by atoms with Crippen LogP contribution >= 0.6 is 0 Å². The second-order valence-electron chi connectivity index (χ2n) is 5.78. The molecule has 2 amide bonds. The van der Waals surface area contributed by atoms with E-state index in [-0.39, 0.29) is 18.7 Å². The normalized spacial score (nSPS) is 13.2. The van der Waals surface area contributed by atoms with E-state index in [1.165, 1.54) is 25.7 Å². The van der Waals surface area contributed by atoms with Gasteiger partial charge in [0.05, 0.1) is 0 Å². The SMILES string of the molecule is CCC(C)CCCCCCNC(=O)CCC(NC=O)C(=O)O. The van der Waals surface area contributed by atoms with Crippen LogP contribution in [0, 0.1) is 5.92 Å².